The van der Waals surface area contributed by atoms with Crippen LogP contribution in [0.15, 0.2) is 4.99 Å². The Kier molecular flexibility index (Phi) is 6.41. The number of halogens is 1. The van der Waals surface area contributed by atoms with E-state index < -0.39 is 14.6 Å². The Balaban J connectivity index is 0.00000208. The first-order chi connectivity index (χ1) is 10.8. The zero-order valence-electron chi connectivity index (χ0n) is 14.9. The molecule has 1 N–H and O–H groups in total. The summed E-state index contributed by atoms with van der Waals surface area (Å²) in [6.07, 6.45) is 0. The van der Waals surface area contributed by atoms with Crippen LogP contribution in [0.2, 0.25) is 0 Å². The molecule has 0 amide bonds. The van der Waals surface area contributed by atoms with Crippen molar-refractivity contribution in [1.82, 2.24) is 20.0 Å². The van der Waals surface area contributed by atoms with Crippen LogP contribution < -0.4 is 5.32 Å². The van der Waals surface area contributed by atoms with Crippen molar-refractivity contribution in [2.45, 2.75) is 24.6 Å². The Labute approximate surface area is 162 Å². The largest absolute Gasteiger partial charge is 0.355 e. The molecule has 0 aromatic heterocycles. The van der Waals surface area contributed by atoms with Gasteiger partial charge >= 0.3 is 0 Å². The number of nitrogens with one attached hydrogen (secondary N) is 1. The Bertz CT molecular complexity index is 572. The van der Waals surface area contributed by atoms with E-state index in [1.165, 1.54) is 13.1 Å². The molecule has 4 fully saturated rings. The van der Waals surface area contributed by atoms with Gasteiger partial charge in [-0.3, -0.25) is 14.8 Å². The van der Waals surface area contributed by atoms with Crippen molar-refractivity contribution in [3.8, 4) is 0 Å². The Morgan fingerprint density at radius 1 is 1.21 bits per heavy atom. The van der Waals surface area contributed by atoms with Crippen molar-refractivity contribution >= 4 is 39.8 Å². The summed E-state index contributed by atoms with van der Waals surface area (Å²) < 4.78 is 23.6. The normalized spacial score (nSPS) is 34.5. The second-order valence-electron chi connectivity index (χ2n) is 7.42. The summed E-state index contributed by atoms with van der Waals surface area (Å²) in [4.78, 5) is 11.5. The van der Waals surface area contributed by atoms with E-state index in [1.807, 2.05) is 0 Å². The molecule has 1 atom stereocenters. The summed E-state index contributed by atoms with van der Waals surface area (Å²) in [6, 6.07) is 0.524. The highest BCUT2D eigenvalue weighted by atomic mass is 127. The van der Waals surface area contributed by atoms with Gasteiger partial charge in [0.15, 0.2) is 15.8 Å². The molecule has 9 heteroatoms. The maximum absolute atomic E-state index is 12.2. The number of hydrogen-bond acceptors (Lipinski definition) is 5. The third-order valence-corrected chi connectivity index (χ3v) is 7.98. The lowest BCUT2D eigenvalue weighted by molar-refractivity contribution is 0.0152. The first kappa shape index (κ1) is 20.2. The summed E-state index contributed by atoms with van der Waals surface area (Å²) in [6.45, 7) is 11.3. The molecule has 0 aromatic rings. The predicted octanol–water partition coefficient (Wildman–Crippen LogP) is -0.311. The van der Waals surface area contributed by atoms with E-state index >= 15 is 0 Å². The summed E-state index contributed by atoms with van der Waals surface area (Å²) in [5, 5.41) is 3.47. The molecule has 0 saturated carbocycles. The Morgan fingerprint density at radius 2 is 1.88 bits per heavy atom. The van der Waals surface area contributed by atoms with E-state index in [0.29, 0.717) is 19.1 Å². The molecule has 0 aromatic carbocycles. The topological polar surface area (TPSA) is 68.2 Å². The fraction of sp³-hybridized carbons (Fsp3) is 0.933. The van der Waals surface area contributed by atoms with Crippen molar-refractivity contribution in [1.29, 1.82) is 0 Å². The van der Waals surface area contributed by atoms with Crippen molar-refractivity contribution in [3.63, 3.8) is 0 Å². The van der Waals surface area contributed by atoms with Crippen LogP contribution in [0.4, 0.5) is 0 Å². The molecule has 4 rings (SSSR count). The number of aliphatic imine (C=N–C) groups is 1. The van der Waals surface area contributed by atoms with Gasteiger partial charge in [0.05, 0.1) is 10.5 Å². The summed E-state index contributed by atoms with van der Waals surface area (Å²) in [7, 11) is -1.24. The van der Waals surface area contributed by atoms with Crippen LogP contribution in [0.3, 0.4) is 0 Å². The van der Waals surface area contributed by atoms with Gasteiger partial charge in [0.1, 0.15) is 0 Å². The van der Waals surface area contributed by atoms with Crippen LogP contribution in [-0.2, 0) is 9.84 Å². The smallest absolute Gasteiger partial charge is 0.193 e. The molecule has 7 nitrogen and oxygen atoms in total. The van der Waals surface area contributed by atoms with Gasteiger partial charge in [0, 0.05) is 65.4 Å². The van der Waals surface area contributed by atoms with Crippen molar-refractivity contribution in [3.05, 3.63) is 0 Å². The molecule has 4 saturated heterocycles. The number of fused-ring (bicyclic) bond motifs is 3. The lowest BCUT2D eigenvalue weighted by Crippen LogP contribution is -2.64. The maximum atomic E-state index is 12.2. The average Bonchev–Trinajstić information content (AvgIpc) is 2.52. The van der Waals surface area contributed by atoms with Gasteiger partial charge in [-0.25, -0.2) is 8.42 Å². The molecule has 0 radical (unpaired) electrons. The number of piperazine rings is 3. The highest BCUT2D eigenvalue weighted by Gasteiger charge is 2.41. The standard InChI is InChI=1S/C15H29N5O2S.HI/c1-15(2)12-20(8-9-23(15,21)22)14(16-3)17-10-13-11-18-4-6-19(13)7-5-18;/h13H,4-12H2,1-3H3,(H,16,17);1H. The minimum absolute atomic E-state index is 0. The first-order valence-corrected chi connectivity index (χ1v) is 10.1. The molecule has 4 heterocycles. The number of nitrogens with zero attached hydrogens (tertiary/aromatic N) is 4. The molecule has 1 unspecified atom stereocenters. The number of sulfone groups is 1. The maximum Gasteiger partial charge on any atom is 0.193 e. The molecular weight excluding hydrogens is 441 g/mol. The van der Waals surface area contributed by atoms with Gasteiger partial charge < -0.3 is 10.2 Å². The highest BCUT2D eigenvalue weighted by Crippen LogP contribution is 2.23. The van der Waals surface area contributed by atoms with Crippen LogP contribution in [0.5, 0.6) is 0 Å². The monoisotopic (exact) mass is 471 g/mol. The number of hydrogen-bond donors (Lipinski definition) is 1. The zero-order chi connectivity index (χ0) is 16.7. The van der Waals surface area contributed by atoms with E-state index in [9.17, 15) is 8.42 Å². The van der Waals surface area contributed by atoms with Crippen LogP contribution in [0.25, 0.3) is 0 Å². The van der Waals surface area contributed by atoms with Gasteiger partial charge in [-0.15, -0.1) is 24.0 Å². The molecule has 4 aliphatic rings. The van der Waals surface area contributed by atoms with Gasteiger partial charge in [-0.1, -0.05) is 0 Å². The highest BCUT2D eigenvalue weighted by molar-refractivity contribution is 14.0. The summed E-state index contributed by atoms with van der Waals surface area (Å²) in [5.74, 6) is 1.02. The van der Waals surface area contributed by atoms with E-state index in [-0.39, 0.29) is 29.7 Å². The van der Waals surface area contributed by atoms with Crippen LogP contribution in [0.1, 0.15) is 13.8 Å². The Hall–Kier alpha value is -0.130. The van der Waals surface area contributed by atoms with Crippen molar-refractivity contribution in [2.75, 3.05) is 65.2 Å². The first-order valence-electron chi connectivity index (χ1n) is 8.47. The minimum atomic E-state index is -3.02. The third kappa shape index (κ3) is 3.99. The fourth-order valence-corrected chi connectivity index (χ4v) is 5.15. The SMILES string of the molecule is CN=C(NCC1CN2CCN1CC2)N1CCS(=O)(=O)C(C)(C)C1.I. The third-order valence-electron chi connectivity index (χ3n) is 5.44. The molecule has 4 aliphatic heterocycles. The van der Waals surface area contributed by atoms with E-state index in [1.54, 1.807) is 20.9 Å². The Morgan fingerprint density at radius 3 is 2.38 bits per heavy atom. The van der Waals surface area contributed by atoms with Crippen LogP contribution in [0, 0.1) is 0 Å². The van der Waals surface area contributed by atoms with Crippen molar-refractivity contribution in [2.24, 2.45) is 4.99 Å². The van der Waals surface area contributed by atoms with Gasteiger partial charge in [0.25, 0.3) is 0 Å². The predicted molar refractivity (Wildman–Crippen MR) is 108 cm³/mol. The van der Waals surface area contributed by atoms with Gasteiger partial charge in [0.2, 0.25) is 0 Å². The van der Waals surface area contributed by atoms with Crippen LogP contribution in [-0.4, -0.2) is 105 Å². The lowest BCUT2D eigenvalue weighted by atomic mass is 10.1. The van der Waals surface area contributed by atoms with Gasteiger partial charge in [-0.2, -0.15) is 0 Å². The van der Waals surface area contributed by atoms with E-state index in [0.717, 1.165) is 32.1 Å². The minimum Gasteiger partial charge on any atom is -0.355 e. The van der Waals surface area contributed by atoms with Crippen LogP contribution >= 0.6 is 24.0 Å². The molecule has 0 aliphatic carbocycles. The lowest BCUT2D eigenvalue weighted by Gasteiger charge is -2.48. The molecular formula is C15H30IN5O2S. The fourth-order valence-electron chi connectivity index (χ4n) is 3.78. The second-order valence-corrected chi connectivity index (χ2v) is 10.2. The quantitative estimate of drug-likeness (QED) is 0.339. The molecule has 140 valence electrons. The number of guanidine groups is 1. The molecule has 24 heavy (non-hydrogen) atoms. The average molecular weight is 471 g/mol. The number of rotatable bonds is 2. The van der Waals surface area contributed by atoms with Crippen molar-refractivity contribution < 1.29 is 8.42 Å². The summed E-state index contributed by atoms with van der Waals surface area (Å²) >= 11 is 0. The zero-order valence-corrected chi connectivity index (χ0v) is 18.0. The van der Waals surface area contributed by atoms with E-state index in [4.69, 9.17) is 0 Å². The second kappa shape index (κ2) is 7.63. The molecule has 2 bridgehead atoms. The summed E-state index contributed by atoms with van der Waals surface area (Å²) in [5.41, 5.74) is 0. The van der Waals surface area contributed by atoms with Gasteiger partial charge in [-0.05, 0) is 13.8 Å². The van der Waals surface area contributed by atoms with E-state index in [2.05, 4.69) is 25.0 Å². The molecule has 0 spiro atoms.